The van der Waals surface area contributed by atoms with Gasteiger partial charge in [-0.15, -0.1) is 24.0 Å². The van der Waals surface area contributed by atoms with Crippen LogP contribution < -0.4 is 15.4 Å². The van der Waals surface area contributed by atoms with Crippen LogP contribution in [0.25, 0.3) is 0 Å². The van der Waals surface area contributed by atoms with Crippen LogP contribution in [0.1, 0.15) is 24.0 Å². The first-order chi connectivity index (χ1) is 13.5. The molecule has 9 heteroatoms. The Bertz CT molecular complexity index is 764. The normalized spacial score (nSPS) is 12.3. The second kappa shape index (κ2) is 13.3. The van der Waals surface area contributed by atoms with Crippen molar-refractivity contribution in [2.24, 2.45) is 4.99 Å². The number of ether oxygens (including phenoxy) is 1. The Kier molecular flexibility index (Phi) is 11.4. The monoisotopic (exact) mass is 523 g/mol. The van der Waals surface area contributed by atoms with Crippen molar-refractivity contribution in [1.82, 2.24) is 10.6 Å². The maximum Gasteiger partial charge on any atom is 0.387 e. The van der Waals surface area contributed by atoms with Crippen molar-refractivity contribution in [3.63, 3.8) is 0 Å². The SMILES string of the molecule is CCNC(=NCc1c(F)cccc1OC(F)F)NCC(CO)c1ccccc1.I. The van der Waals surface area contributed by atoms with Crippen molar-refractivity contribution < 1.29 is 23.0 Å². The highest BCUT2D eigenvalue weighted by Gasteiger charge is 2.14. The summed E-state index contributed by atoms with van der Waals surface area (Å²) in [5.74, 6) is -0.693. The topological polar surface area (TPSA) is 65.9 Å². The van der Waals surface area contributed by atoms with E-state index in [0.29, 0.717) is 19.0 Å². The second-order valence-corrected chi connectivity index (χ2v) is 5.96. The molecule has 0 aliphatic rings. The van der Waals surface area contributed by atoms with Gasteiger partial charge in [0.2, 0.25) is 0 Å². The summed E-state index contributed by atoms with van der Waals surface area (Å²) in [6, 6.07) is 13.2. The third-order valence-electron chi connectivity index (χ3n) is 4.04. The van der Waals surface area contributed by atoms with Gasteiger partial charge in [0.25, 0.3) is 0 Å². The molecule has 0 heterocycles. The second-order valence-electron chi connectivity index (χ2n) is 5.96. The zero-order valence-electron chi connectivity index (χ0n) is 15.9. The van der Waals surface area contributed by atoms with E-state index >= 15 is 0 Å². The molecule has 0 aliphatic heterocycles. The lowest BCUT2D eigenvalue weighted by atomic mass is 10.0. The number of hydrogen-bond donors (Lipinski definition) is 3. The molecule has 1 atom stereocenters. The van der Waals surface area contributed by atoms with E-state index in [4.69, 9.17) is 0 Å². The molecular weight excluding hydrogens is 498 g/mol. The van der Waals surface area contributed by atoms with Crippen LogP contribution in [0.15, 0.2) is 53.5 Å². The maximum absolute atomic E-state index is 14.1. The Morgan fingerprint density at radius 3 is 2.45 bits per heavy atom. The number of guanidine groups is 1. The van der Waals surface area contributed by atoms with Crippen LogP contribution in [0.5, 0.6) is 5.75 Å². The molecule has 2 aromatic rings. The average molecular weight is 523 g/mol. The molecule has 1 unspecified atom stereocenters. The Balaban J connectivity index is 0.00000420. The highest BCUT2D eigenvalue weighted by atomic mass is 127. The van der Waals surface area contributed by atoms with Crippen molar-refractivity contribution in [3.05, 3.63) is 65.5 Å². The molecule has 0 saturated carbocycles. The van der Waals surface area contributed by atoms with E-state index in [1.165, 1.54) is 18.2 Å². The molecule has 0 aromatic heterocycles. The molecule has 0 spiro atoms. The van der Waals surface area contributed by atoms with Gasteiger partial charge in [-0.05, 0) is 24.6 Å². The summed E-state index contributed by atoms with van der Waals surface area (Å²) < 4.78 is 43.5. The number of aliphatic hydroxyl groups excluding tert-OH is 1. The minimum absolute atomic E-state index is 0. The summed E-state index contributed by atoms with van der Waals surface area (Å²) in [6.45, 7) is -0.475. The lowest BCUT2D eigenvalue weighted by molar-refractivity contribution is -0.0506. The van der Waals surface area contributed by atoms with Crippen LogP contribution in [-0.2, 0) is 6.54 Å². The molecule has 0 radical (unpaired) electrons. The predicted molar refractivity (Wildman–Crippen MR) is 118 cm³/mol. The minimum atomic E-state index is -3.05. The molecule has 2 rings (SSSR count). The number of hydrogen-bond acceptors (Lipinski definition) is 3. The smallest absolute Gasteiger partial charge is 0.387 e. The minimum Gasteiger partial charge on any atom is -0.434 e. The van der Waals surface area contributed by atoms with Gasteiger partial charge in [0.15, 0.2) is 5.96 Å². The van der Waals surface area contributed by atoms with E-state index in [-0.39, 0.29) is 54.4 Å². The standard InChI is InChI=1S/C20H24F3N3O2.HI/c1-2-24-20(25-11-15(13-27)14-7-4-3-5-8-14)26-12-16-17(21)9-6-10-18(16)28-19(22)23;/h3-10,15,19,27H,2,11-13H2,1H3,(H2,24,25,26);1H. The zero-order chi connectivity index (χ0) is 20.4. The number of aliphatic hydroxyl groups is 1. The van der Waals surface area contributed by atoms with Gasteiger partial charge in [0.05, 0.1) is 18.7 Å². The number of rotatable bonds is 9. The summed E-state index contributed by atoms with van der Waals surface area (Å²) >= 11 is 0. The molecule has 0 fully saturated rings. The van der Waals surface area contributed by atoms with Crippen molar-refractivity contribution in [2.45, 2.75) is 26.0 Å². The average Bonchev–Trinajstić information content (AvgIpc) is 2.68. The lowest BCUT2D eigenvalue weighted by Crippen LogP contribution is -2.40. The van der Waals surface area contributed by atoms with Crippen LogP contribution >= 0.6 is 24.0 Å². The van der Waals surface area contributed by atoms with Crippen LogP contribution in [0, 0.1) is 5.82 Å². The predicted octanol–water partition coefficient (Wildman–Crippen LogP) is 3.88. The van der Waals surface area contributed by atoms with Crippen LogP contribution in [0.3, 0.4) is 0 Å². The summed E-state index contributed by atoms with van der Waals surface area (Å²) in [6.07, 6.45) is 0. The first-order valence-corrected chi connectivity index (χ1v) is 8.95. The van der Waals surface area contributed by atoms with Gasteiger partial charge in [-0.1, -0.05) is 36.4 Å². The summed E-state index contributed by atoms with van der Waals surface area (Å²) in [5, 5.41) is 15.7. The first kappa shape index (κ1) is 25.0. The molecule has 3 N–H and O–H groups in total. The van der Waals surface area contributed by atoms with Crippen molar-refractivity contribution in [1.29, 1.82) is 0 Å². The Morgan fingerprint density at radius 1 is 1.10 bits per heavy atom. The van der Waals surface area contributed by atoms with Crippen molar-refractivity contribution >= 4 is 29.9 Å². The van der Waals surface area contributed by atoms with E-state index in [9.17, 15) is 18.3 Å². The molecule has 0 saturated heterocycles. The molecule has 0 aliphatic carbocycles. The summed E-state index contributed by atoms with van der Waals surface area (Å²) in [4.78, 5) is 4.26. The summed E-state index contributed by atoms with van der Waals surface area (Å²) in [7, 11) is 0. The molecule has 2 aromatic carbocycles. The third kappa shape index (κ3) is 8.09. The Hall–Kier alpha value is -2.01. The van der Waals surface area contributed by atoms with Crippen molar-refractivity contribution in [3.8, 4) is 5.75 Å². The van der Waals surface area contributed by atoms with Gasteiger partial charge >= 0.3 is 6.61 Å². The van der Waals surface area contributed by atoms with Gasteiger partial charge in [0.1, 0.15) is 11.6 Å². The van der Waals surface area contributed by atoms with Gasteiger partial charge in [-0.25, -0.2) is 9.38 Å². The van der Waals surface area contributed by atoms with Crippen LogP contribution in [-0.4, -0.2) is 37.4 Å². The Morgan fingerprint density at radius 2 is 1.83 bits per heavy atom. The Labute approximate surface area is 185 Å². The zero-order valence-corrected chi connectivity index (χ0v) is 18.3. The number of alkyl halides is 2. The van der Waals surface area contributed by atoms with E-state index in [0.717, 1.165) is 5.56 Å². The fourth-order valence-corrected chi connectivity index (χ4v) is 2.63. The van der Waals surface area contributed by atoms with Gasteiger partial charge in [-0.3, -0.25) is 0 Å². The van der Waals surface area contributed by atoms with E-state index in [1.807, 2.05) is 37.3 Å². The first-order valence-electron chi connectivity index (χ1n) is 8.95. The van der Waals surface area contributed by atoms with Crippen LogP contribution in [0.4, 0.5) is 13.2 Å². The summed E-state index contributed by atoms with van der Waals surface area (Å²) in [5.41, 5.74) is 0.914. The third-order valence-corrected chi connectivity index (χ3v) is 4.04. The molecule has 0 amide bonds. The highest BCUT2D eigenvalue weighted by Crippen LogP contribution is 2.24. The molecule has 5 nitrogen and oxygen atoms in total. The molecule has 160 valence electrons. The number of nitrogens with zero attached hydrogens (tertiary/aromatic N) is 1. The largest absolute Gasteiger partial charge is 0.434 e. The molecule has 0 bridgehead atoms. The number of benzene rings is 2. The van der Waals surface area contributed by atoms with E-state index in [2.05, 4.69) is 20.4 Å². The number of nitrogens with one attached hydrogen (secondary N) is 2. The molecular formula is C20H25F3IN3O2. The molecule has 29 heavy (non-hydrogen) atoms. The van der Waals surface area contributed by atoms with Gasteiger partial charge in [-0.2, -0.15) is 8.78 Å². The number of halogens is 4. The maximum atomic E-state index is 14.1. The highest BCUT2D eigenvalue weighted by molar-refractivity contribution is 14.0. The van der Waals surface area contributed by atoms with E-state index in [1.54, 1.807) is 0 Å². The van der Waals surface area contributed by atoms with Crippen LogP contribution in [0.2, 0.25) is 0 Å². The lowest BCUT2D eigenvalue weighted by Gasteiger charge is -2.18. The van der Waals surface area contributed by atoms with Gasteiger partial charge < -0.3 is 20.5 Å². The van der Waals surface area contributed by atoms with Crippen molar-refractivity contribution in [2.75, 3.05) is 19.7 Å². The fourth-order valence-electron chi connectivity index (χ4n) is 2.63. The van der Waals surface area contributed by atoms with E-state index < -0.39 is 12.4 Å². The number of aliphatic imine (C=N–C) groups is 1. The van der Waals surface area contributed by atoms with Gasteiger partial charge in [0, 0.05) is 19.0 Å². The fraction of sp³-hybridized carbons (Fsp3) is 0.350. The quantitative estimate of drug-likeness (QED) is 0.265.